The highest BCUT2D eigenvalue weighted by Crippen LogP contribution is 2.33. The second-order valence-corrected chi connectivity index (χ2v) is 6.40. The molecular formula is C20H23FN4O2. The van der Waals surface area contributed by atoms with Crippen molar-refractivity contribution in [1.82, 2.24) is 15.2 Å². The van der Waals surface area contributed by atoms with Gasteiger partial charge in [0, 0.05) is 41.8 Å². The van der Waals surface area contributed by atoms with Gasteiger partial charge < -0.3 is 16.0 Å². The lowest BCUT2D eigenvalue weighted by molar-refractivity contribution is -0.110. The molecular weight excluding hydrogens is 347 g/mol. The molecule has 27 heavy (non-hydrogen) atoms. The number of benzene rings is 1. The van der Waals surface area contributed by atoms with Crippen LogP contribution in [-0.4, -0.2) is 36.0 Å². The lowest BCUT2D eigenvalue weighted by atomic mass is 10.1. The second kappa shape index (κ2) is 7.75. The van der Waals surface area contributed by atoms with Crippen LogP contribution in [0.5, 0.6) is 0 Å². The van der Waals surface area contributed by atoms with Gasteiger partial charge in [-0.25, -0.2) is 0 Å². The third-order valence-electron chi connectivity index (χ3n) is 4.65. The second-order valence-electron chi connectivity index (χ2n) is 6.40. The smallest absolute Gasteiger partial charge is 0.257 e. The zero-order valence-corrected chi connectivity index (χ0v) is 15.6. The topological polar surface area (TPSA) is 75.2 Å². The van der Waals surface area contributed by atoms with Crippen molar-refractivity contribution in [3.8, 4) is 0 Å². The number of amides is 2. The first kappa shape index (κ1) is 18.8. The molecule has 1 aromatic carbocycles. The Morgan fingerprint density at radius 3 is 2.74 bits per heavy atom. The number of nitrogens with zero attached hydrogens (tertiary/aromatic N) is 1. The quantitative estimate of drug-likeness (QED) is 0.540. The van der Waals surface area contributed by atoms with Gasteiger partial charge in [0.25, 0.3) is 11.8 Å². The van der Waals surface area contributed by atoms with Crippen LogP contribution in [-0.2, 0) is 4.79 Å². The van der Waals surface area contributed by atoms with Crippen molar-refractivity contribution in [1.29, 1.82) is 0 Å². The Labute approximate surface area is 157 Å². The zero-order valence-electron chi connectivity index (χ0n) is 15.6. The molecule has 0 radical (unpaired) electrons. The number of carbonyl (C=O) groups is 2. The Kier molecular flexibility index (Phi) is 5.41. The number of hydrogen-bond donors (Lipinski definition) is 3. The van der Waals surface area contributed by atoms with E-state index >= 15 is 0 Å². The number of likely N-dealkylation sites (N-methyl/N-ethyl adjacent to an activating group) is 1. The Balaban J connectivity index is 1.94. The van der Waals surface area contributed by atoms with Crippen molar-refractivity contribution < 1.29 is 14.0 Å². The molecule has 0 saturated carbocycles. The van der Waals surface area contributed by atoms with E-state index in [9.17, 15) is 14.0 Å². The molecule has 0 fully saturated rings. The summed E-state index contributed by atoms with van der Waals surface area (Å²) in [6.45, 7) is 7.14. The summed E-state index contributed by atoms with van der Waals surface area (Å²) < 4.78 is 16.1. The van der Waals surface area contributed by atoms with E-state index in [1.165, 1.54) is 10.8 Å². The molecule has 1 aromatic heterocycles. The summed E-state index contributed by atoms with van der Waals surface area (Å²) in [6.07, 6.45) is 1.45. The molecule has 7 heteroatoms. The predicted octanol–water partition coefficient (Wildman–Crippen LogP) is 2.53. The Bertz CT molecular complexity index is 930. The Morgan fingerprint density at radius 1 is 1.26 bits per heavy atom. The highest BCUT2D eigenvalue weighted by molar-refractivity contribution is 6.34. The fraction of sp³-hybridized carbons (Fsp3) is 0.300. The van der Waals surface area contributed by atoms with Crippen LogP contribution >= 0.6 is 0 Å². The number of halogens is 1. The number of para-hydroxylation sites is 1. The van der Waals surface area contributed by atoms with Crippen molar-refractivity contribution in [2.45, 2.75) is 20.8 Å². The van der Waals surface area contributed by atoms with Crippen molar-refractivity contribution in [3.05, 3.63) is 52.6 Å². The molecule has 2 aromatic rings. The fourth-order valence-electron chi connectivity index (χ4n) is 3.24. The number of aromatic nitrogens is 1. The van der Waals surface area contributed by atoms with Crippen molar-refractivity contribution in [2.75, 3.05) is 25.0 Å². The van der Waals surface area contributed by atoms with E-state index in [0.717, 1.165) is 6.54 Å². The van der Waals surface area contributed by atoms with Crippen LogP contribution in [0, 0.1) is 19.8 Å². The lowest BCUT2D eigenvalue weighted by Gasteiger charge is -2.07. The maximum absolute atomic E-state index is 14.8. The molecule has 1 aliphatic heterocycles. The third-order valence-corrected chi connectivity index (χ3v) is 4.65. The van der Waals surface area contributed by atoms with Gasteiger partial charge in [-0.1, -0.05) is 25.1 Å². The zero-order chi connectivity index (χ0) is 19.6. The maximum atomic E-state index is 14.8. The van der Waals surface area contributed by atoms with Crippen LogP contribution < -0.4 is 16.0 Å². The number of fused-ring (bicyclic) bond motifs is 1. The van der Waals surface area contributed by atoms with Gasteiger partial charge in [-0.05, 0) is 26.5 Å². The first-order chi connectivity index (χ1) is 13.0. The first-order valence-electron chi connectivity index (χ1n) is 8.94. The number of rotatable bonds is 6. The molecule has 2 heterocycles. The van der Waals surface area contributed by atoms with Gasteiger partial charge in [-0.2, -0.15) is 4.39 Å². The van der Waals surface area contributed by atoms with E-state index < -0.39 is 5.95 Å². The molecule has 0 atom stereocenters. The Hall–Kier alpha value is -2.93. The van der Waals surface area contributed by atoms with Crippen LogP contribution in [0.4, 0.5) is 10.1 Å². The standard InChI is InChI=1S/C20H23FN4O2/c1-4-22-9-10-23-20(27)17-12(2)18(21)25(13(17)3)11-15-14-7-5-6-8-16(14)24-19(15)26/h5-8,11,22H,4,9-10H2,1-3H3,(H,23,27)(H,24,26). The molecule has 142 valence electrons. The summed E-state index contributed by atoms with van der Waals surface area (Å²) in [6, 6.07) is 7.24. The molecule has 3 N–H and O–H groups in total. The van der Waals surface area contributed by atoms with Crippen molar-refractivity contribution in [3.63, 3.8) is 0 Å². The normalized spacial score (nSPS) is 14.4. The van der Waals surface area contributed by atoms with Crippen molar-refractivity contribution >= 4 is 29.3 Å². The van der Waals surface area contributed by atoms with Crippen LogP contribution in [0.15, 0.2) is 24.3 Å². The molecule has 0 bridgehead atoms. The van der Waals surface area contributed by atoms with Gasteiger partial charge in [0.15, 0.2) is 0 Å². The highest BCUT2D eigenvalue weighted by Gasteiger charge is 2.26. The van der Waals surface area contributed by atoms with Gasteiger partial charge in [-0.3, -0.25) is 14.2 Å². The van der Waals surface area contributed by atoms with Crippen LogP contribution in [0.3, 0.4) is 0 Å². The van der Waals surface area contributed by atoms with E-state index in [1.54, 1.807) is 26.0 Å². The van der Waals surface area contributed by atoms with Crippen LogP contribution in [0.1, 0.15) is 34.1 Å². The molecule has 0 aliphatic carbocycles. The van der Waals surface area contributed by atoms with Gasteiger partial charge in [0.1, 0.15) is 0 Å². The lowest BCUT2D eigenvalue weighted by Crippen LogP contribution is -2.32. The van der Waals surface area contributed by atoms with Crippen LogP contribution in [0.25, 0.3) is 11.8 Å². The fourth-order valence-corrected chi connectivity index (χ4v) is 3.24. The monoisotopic (exact) mass is 370 g/mol. The third kappa shape index (κ3) is 3.50. The molecule has 6 nitrogen and oxygen atoms in total. The number of hydrogen-bond acceptors (Lipinski definition) is 3. The minimum absolute atomic E-state index is 0.261. The van der Waals surface area contributed by atoms with E-state index in [1.807, 2.05) is 19.1 Å². The molecule has 3 rings (SSSR count). The first-order valence-corrected chi connectivity index (χ1v) is 8.94. The predicted molar refractivity (Wildman–Crippen MR) is 104 cm³/mol. The van der Waals surface area contributed by atoms with E-state index in [-0.39, 0.29) is 17.4 Å². The van der Waals surface area contributed by atoms with E-state index in [0.29, 0.717) is 41.2 Å². The summed E-state index contributed by atoms with van der Waals surface area (Å²) in [4.78, 5) is 24.8. The van der Waals surface area contributed by atoms with Gasteiger partial charge in [-0.15, -0.1) is 0 Å². The summed E-state index contributed by atoms with van der Waals surface area (Å²) >= 11 is 0. The van der Waals surface area contributed by atoms with Crippen molar-refractivity contribution in [2.24, 2.45) is 0 Å². The Morgan fingerprint density at radius 2 is 2.00 bits per heavy atom. The van der Waals surface area contributed by atoms with Crippen LogP contribution in [0.2, 0.25) is 0 Å². The largest absolute Gasteiger partial charge is 0.351 e. The summed E-state index contributed by atoms with van der Waals surface area (Å²) in [5, 5.41) is 8.67. The number of carbonyl (C=O) groups excluding carboxylic acids is 2. The maximum Gasteiger partial charge on any atom is 0.257 e. The highest BCUT2D eigenvalue weighted by atomic mass is 19.1. The molecule has 1 aliphatic rings. The summed E-state index contributed by atoms with van der Waals surface area (Å²) in [5.74, 6) is -1.16. The number of nitrogens with one attached hydrogen (secondary N) is 3. The van der Waals surface area contributed by atoms with E-state index in [4.69, 9.17) is 0 Å². The summed E-state index contributed by atoms with van der Waals surface area (Å²) in [5.41, 5.74) is 2.78. The average Bonchev–Trinajstić information content (AvgIpc) is 3.07. The van der Waals surface area contributed by atoms with Gasteiger partial charge in [0.05, 0.1) is 11.1 Å². The van der Waals surface area contributed by atoms with E-state index in [2.05, 4.69) is 16.0 Å². The van der Waals surface area contributed by atoms with Gasteiger partial charge in [0.2, 0.25) is 5.95 Å². The molecule has 2 amide bonds. The number of anilines is 1. The minimum Gasteiger partial charge on any atom is -0.351 e. The molecule has 0 spiro atoms. The van der Waals surface area contributed by atoms with Gasteiger partial charge >= 0.3 is 0 Å². The minimum atomic E-state index is -0.547. The molecule has 0 unspecified atom stereocenters. The summed E-state index contributed by atoms with van der Waals surface area (Å²) in [7, 11) is 0. The average molecular weight is 370 g/mol. The SMILES string of the molecule is CCNCCNC(=O)c1c(C)c(F)n(C=C2C(=O)Nc3ccccc32)c1C. The molecule has 0 saturated heterocycles.